The zero-order valence-corrected chi connectivity index (χ0v) is 10.6. The van der Waals surface area contributed by atoms with Gasteiger partial charge in [0.1, 0.15) is 0 Å². The van der Waals surface area contributed by atoms with E-state index in [1.807, 2.05) is 10.9 Å². The third-order valence-corrected chi connectivity index (χ3v) is 3.92. The normalized spacial score (nSPS) is 31.9. The molecule has 0 N–H and O–H groups in total. The van der Waals surface area contributed by atoms with Crippen LogP contribution in [0.3, 0.4) is 0 Å². The highest BCUT2D eigenvalue weighted by atomic mass is 16.6. The second-order valence-corrected chi connectivity index (χ2v) is 5.25. The van der Waals surface area contributed by atoms with Crippen molar-refractivity contribution in [3.05, 3.63) is 18.0 Å². The maximum Gasteiger partial charge on any atom is 0.162 e. The van der Waals surface area contributed by atoms with Crippen molar-refractivity contribution in [1.82, 2.24) is 9.78 Å². The fourth-order valence-electron chi connectivity index (χ4n) is 2.81. The van der Waals surface area contributed by atoms with Gasteiger partial charge in [-0.1, -0.05) is 0 Å². The minimum absolute atomic E-state index is 0.0622. The SMILES string of the molecule is CC(=O)c1cnn(C2CCOC3(CCOC3)C2)c1. The van der Waals surface area contributed by atoms with Crippen molar-refractivity contribution >= 4 is 5.78 Å². The fraction of sp³-hybridized carbons (Fsp3) is 0.692. The molecule has 1 spiro atoms. The van der Waals surface area contributed by atoms with Gasteiger partial charge in [0.25, 0.3) is 0 Å². The number of nitrogens with zero attached hydrogens (tertiary/aromatic N) is 2. The Morgan fingerprint density at radius 3 is 3.11 bits per heavy atom. The van der Waals surface area contributed by atoms with E-state index in [9.17, 15) is 4.79 Å². The first-order valence-electron chi connectivity index (χ1n) is 6.45. The summed E-state index contributed by atoms with van der Waals surface area (Å²) in [7, 11) is 0. The molecule has 0 aliphatic carbocycles. The van der Waals surface area contributed by atoms with Gasteiger partial charge < -0.3 is 9.47 Å². The molecule has 2 aliphatic rings. The summed E-state index contributed by atoms with van der Waals surface area (Å²) in [5, 5.41) is 4.32. The number of ketones is 1. The van der Waals surface area contributed by atoms with E-state index in [1.165, 1.54) is 0 Å². The van der Waals surface area contributed by atoms with E-state index in [4.69, 9.17) is 9.47 Å². The summed E-state index contributed by atoms with van der Waals surface area (Å²) in [6.07, 6.45) is 6.33. The van der Waals surface area contributed by atoms with Crippen LogP contribution in [0.4, 0.5) is 0 Å². The number of carbonyl (C=O) groups is 1. The van der Waals surface area contributed by atoms with E-state index < -0.39 is 0 Å². The number of rotatable bonds is 2. The Balaban J connectivity index is 1.76. The van der Waals surface area contributed by atoms with Crippen molar-refractivity contribution in [3.63, 3.8) is 0 Å². The smallest absolute Gasteiger partial charge is 0.162 e. The van der Waals surface area contributed by atoms with Crippen LogP contribution >= 0.6 is 0 Å². The average Bonchev–Trinajstić information content (AvgIpc) is 2.98. The third kappa shape index (κ3) is 2.08. The molecular weight excluding hydrogens is 232 g/mol. The molecule has 5 heteroatoms. The summed E-state index contributed by atoms with van der Waals surface area (Å²) in [5.74, 6) is 0.0622. The van der Waals surface area contributed by atoms with Gasteiger partial charge in [0.2, 0.25) is 0 Å². The van der Waals surface area contributed by atoms with Gasteiger partial charge in [0, 0.05) is 32.3 Å². The maximum absolute atomic E-state index is 11.3. The predicted octanol–water partition coefficient (Wildman–Crippen LogP) is 1.60. The van der Waals surface area contributed by atoms with Crippen molar-refractivity contribution in [2.45, 2.75) is 37.8 Å². The van der Waals surface area contributed by atoms with Gasteiger partial charge in [0.05, 0.1) is 30.0 Å². The van der Waals surface area contributed by atoms with Crippen molar-refractivity contribution in [1.29, 1.82) is 0 Å². The molecule has 3 heterocycles. The topological polar surface area (TPSA) is 53.4 Å². The van der Waals surface area contributed by atoms with E-state index in [2.05, 4.69) is 5.10 Å². The summed E-state index contributed by atoms with van der Waals surface area (Å²) >= 11 is 0. The number of hydrogen-bond donors (Lipinski definition) is 0. The van der Waals surface area contributed by atoms with Crippen LogP contribution in [0.1, 0.15) is 42.6 Å². The molecule has 2 unspecified atom stereocenters. The van der Waals surface area contributed by atoms with Gasteiger partial charge >= 0.3 is 0 Å². The van der Waals surface area contributed by atoms with Gasteiger partial charge in [-0.15, -0.1) is 0 Å². The van der Waals surface area contributed by atoms with Crippen LogP contribution in [-0.4, -0.2) is 41.0 Å². The van der Waals surface area contributed by atoms with E-state index in [1.54, 1.807) is 13.1 Å². The molecule has 1 aromatic rings. The Kier molecular flexibility index (Phi) is 2.95. The van der Waals surface area contributed by atoms with E-state index >= 15 is 0 Å². The monoisotopic (exact) mass is 250 g/mol. The predicted molar refractivity (Wildman–Crippen MR) is 64.6 cm³/mol. The zero-order chi connectivity index (χ0) is 12.6. The highest BCUT2D eigenvalue weighted by molar-refractivity contribution is 5.93. The molecule has 0 amide bonds. The van der Waals surface area contributed by atoms with Gasteiger partial charge in [0.15, 0.2) is 5.78 Å². The lowest BCUT2D eigenvalue weighted by atomic mass is 9.90. The van der Waals surface area contributed by atoms with E-state index in [-0.39, 0.29) is 11.4 Å². The molecule has 3 rings (SSSR count). The third-order valence-electron chi connectivity index (χ3n) is 3.92. The summed E-state index contributed by atoms with van der Waals surface area (Å²) in [6.45, 7) is 3.77. The molecule has 0 saturated carbocycles. The molecule has 0 aromatic carbocycles. The highest BCUT2D eigenvalue weighted by Gasteiger charge is 2.41. The van der Waals surface area contributed by atoms with Crippen LogP contribution in [-0.2, 0) is 9.47 Å². The van der Waals surface area contributed by atoms with Crippen LogP contribution in [0.5, 0.6) is 0 Å². The molecule has 1 aromatic heterocycles. The van der Waals surface area contributed by atoms with Crippen LogP contribution in [0.15, 0.2) is 12.4 Å². The number of aromatic nitrogens is 2. The quantitative estimate of drug-likeness (QED) is 0.748. The minimum atomic E-state index is -0.120. The zero-order valence-electron chi connectivity index (χ0n) is 10.6. The van der Waals surface area contributed by atoms with Gasteiger partial charge in [-0.05, 0) is 13.3 Å². The molecule has 18 heavy (non-hydrogen) atoms. The molecule has 2 fully saturated rings. The van der Waals surface area contributed by atoms with Crippen molar-refractivity contribution < 1.29 is 14.3 Å². The Bertz CT molecular complexity index is 449. The van der Waals surface area contributed by atoms with Gasteiger partial charge in [-0.25, -0.2) is 0 Å². The number of Topliss-reactive ketones (excluding diaryl/α,β-unsaturated/α-hetero) is 1. The molecule has 2 atom stereocenters. The molecule has 98 valence electrons. The first-order valence-corrected chi connectivity index (χ1v) is 6.45. The largest absolute Gasteiger partial charge is 0.378 e. The number of carbonyl (C=O) groups excluding carboxylic acids is 1. The van der Waals surface area contributed by atoms with Gasteiger partial charge in [-0.2, -0.15) is 5.10 Å². The Morgan fingerprint density at radius 2 is 2.44 bits per heavy atom. The molecule has 2 aliphatic heterocycles. The van der Waals surface area contributed by atoms with Crippen molar-refractivity contribution in [3.8, 4) is 0 Å². The lowest BCUT2D eigenvalue weighted by Gasteiger charge is -2.37. The van der Waals surface area contributed by atoms with Gasteiger partial charge in [-0.3, -0.25) is 9.48 Å². The standard InChI is InChI=1S/C13H18N2O3/c1-10(16)11-7-14-15(8-11)12-2-4-18-13(6-12)3-5-17-9-13/h7-8,12H,2-6,9H2,1H3. The fourth-order valence-corrected chi connectivity index (χ4v) is 2.81. The molecule has 0 radical (unpaired) electrons. The summed E-state index contributed by atoms with van der Waals surface area (Å²) < 4.78 is 13.3. The minimum Gasteiger partial charge on any atom is -0.378 e. The lowest BCUT2D eigenvalue weighted by molar-refractivity contribution is -0.0962. The van der Waals surface area contributed by atoms with Crippen LogP contribution in [0.2, 0.25) is 0 Å². The Labute approximate surface area is 106 Å². The molecule has 5 nitrogen and oxygen atoms in total. The molecule has 2 saturated heterocycles. The van der Waals surface area contributed by atoms with E-state index in [0.717, 1.165) is 32.5 Å². The van der Waals surface area contributed by atoms with E-state index in [0.29, 0.717) is 18.2 Å². The maximum atomic E-state index is 11.3. The summed E-state index contributed by atoms with van der Waals surface area (Å²) in [5.41, 5.74) is 0.559. The number of ether oxygens (including phenoxy) is 2. The Hall–Kier alpha value is -1.20. The number of hydrogen-bond acceptors (Lipinski definition) is 4. The van der Waals surface area contributed by atoms with Crippen molar-refractivity contribution in [2.75, 3.05) is 19.8 Å². The first-order chi connectivity index (χ1) is 8.69. The van der Waals surface area contributed by atoms with Crippen molar-refractivity contribution in [2.24, 2.45) is 0 Å². The highest BCUT2D eigenvalue weighted by Crippen LogP contribution is 2.37. The Morgan fingerprint density at radius 1 is 1.56 bits per heavy atom. The van der Waals surface area contributed by atoms with Crippen LogP contribution in [0, 0.1) is 0 Å². The first kappa shape index (κ1) is 11.9. The molecule has 0 bridgehead atoms. The average molecular weight is 250 g/mol. The molecular formula is C13H18N2O3. The second-order valence-electron chi connectivity index (χ2n) is 5.25. The van der Waals surface area contributed by atoms with Crippen LogP contribution < -0.4 is 0 Å². The summed E-state index contributed by atoms with van der Waals surface area (Å²) in [4.78, 5) is 11.3. The lowest BCUT2D eigenvalue weighted by Crippen LogP contribution is -2.41. The summed E-state index contributed by atoms with van der Waals surface area (Å²) in [6, 6.07) is 0.313. The van der Waals surface area contributed by atoms with Crippen LogP contribution in [0.25, 0.3) is 0 Å². The second kappa shape index (κ2) is 4.48.